The third-order valence-electron chi connectivity index (χ3n) is 3.85. The summed E-state index contributed by atoms with van der Waals surface area (Å²) in [4.78, 5) is 4.57. The normalized spacial score (nSPS) is 11.0. The minimum absolute atomic E-state index is 0.523. The first-order valence-electron chi connectivity index (χ1n) is 7.62. The van der Waals surface area contributed by atoms with Gasteiger partial charge in [-0.2, -0.15) is 0 Å². The Labute approximate surface area is 135 Å². The molecule has 2 aromatic carbocycles. The standard InChI is InChI=1S/C18H20ClN3/c1-3-11-20-15-10-9-14(12-13-7-5-4-6-8-13)16-17(15)22(2)18(19)21-16/h4-10,20H,3,11-12H2,1-2H3. The third-order valence-corrected chi connectivity index (χ3v) is 4.19. The fraction of sp³-hybridized carbons (Fsp3) is 0.278. The van der Waals surface area contributed by atoms with Gasteiger partial charge in [0.25, 0.3) is 0 Å². The maximum atomic E-state index is 6.26. The molecule has 22 heavy (non-hydrogen) atoms. The summed E-state index contributed by atoms with van der Waals surface area (Å²) >= 11 is 6.26. The number of benzene rings is 2. The highest BCUT2D eigenvalue weighted by molar-refractivity contribution is 6.29. The summed E-state index contributed by atoms with van der Waals surface area (Å²) in [7, 11) is 1.96. The molecular weight excluding hydrogens is 294 g/mol. The molecule has 1 aromatic heterocycles. The molecule has 0 aliphatic rings. The SMILES string of the molecule is CCCNc1ccc(Cc2ccccc2)c2nc(Cl)n(C)c12. The molecular formula is C18H20ClN3. The molecule has 0 saturated heterocycles. The van der Waals surface area contributed by atoms with E-state index in [1.54, 1.807) is 0 Å². The van der Waals surface area contributed by atoms with Gasteiger partial charge in [0.05, 0.1) is 16.7 Å². The van der Waals surface area contributed by atoms with Gasteiger partial charge in [0.15, 0.2) is 0 Å². The van der Waals surface area contributed by atoms with Crippen LogP contribution >= 0.6 is 11.6 Å². The van der Waals surface area contributed by atoms with E-state index in [1.165, 1.54) is 11.1 Å². The molecule has 0 radical (unpaired) electrons. The largest absolute Gasteiger partial charge is 0.383 e. The minimum Gasteiger partial charge on any atom is -0.383 e. The predicted molar refractivity (Wildman–Crippen MR) is 93.8 cm³/mol. The first-order valence-corrected chi connectivity index (χ1v) is 8.00. The Balaban J connectivity index is 2.07. The topological polar surface area (TPSA) is 29.9 Å². The molecule has 0 aliphatic carbocycles. The quantitative estimate of drug-likeness (QED) is 0.743. The molecule has 0 spiro atoms. The van der Waals surface area contributed by atoms with Crippen LogP contribution < -0.4 is 5.32 Å². The Morgan fingerprint density at radius 3 is 2.64 bits per heavy atom. The van der Waals surface area contributed by atoms with E-state index in [4.69, 9.17) is 11.6 Å². The van der Waals surface area contributed by atoms with Crippen molar-refractivity contribution in [1.29, 1.82) is 0 Å². The second-order valence-corrected chi connectivity index (χ2v) is 5.84. The van der Waals surface area contributed by atoms with E-state index in [-0.39, 0.29) is 0 Å². The lowest BCUT2D eigenvalue weighted by Gasteiger charge is -2.10. The Kier molecular flexibility index (Phi) is 4.34. The van der Waals surface area contributed by atoms with Crippen LogP contribution in [0, 0.1) is 0 Å². The van der Waals surface area contributed by atoms with Gasteiger partial charge in [-0.1, -0.05) is 43.3 Å². The van der Waals surface area contributed by atoms with Crippen molar-refractivity contribution in [1.82, 2.24) is 9.55 Å². The Morgan fingerprint density at radius 2 is 1.91 bits per heavy atom. The van der Waals surface area contributed by atoms with Crippen LogP contribution in [-0.4, -0.2) is 16.1 Å². The Bertz CT molecular complexity index is 778. The minimum atomic E-state index is 0.523. The molecule has 4 heteroatoms. The summed E-state index contributed by atoms with van der Waals surface area (Å²) in [5, 5.41) is 3.99. The molecule has 0 amide bonds. The van der Waals surface area contributed by atoms with Crippen molar-refractivity contribution in [2.45, 2.75) is 19.8 Å². The number of hydrogen-bond acceptors (Lipinski definition) is 2. The molecule has 114 valence electrons. The molecule has 0 aliphatic heterocycles. The average molecular weight is 314 g/mol. The van der Waals surface area contributed by atoms with Gasteiger partial charge in [0, 0.05) is 13.6 Å². The highest BCUT2D eigenvalue weighted by Gasteiger charge is 2.14. The summed E-state index contributed by atoms with van der Waals surface area (Å²) in [5.74, 6) is 0. The molecule has 3 rings (SSSR count). The summed E-state index contributed by atoms with van der Waals surface area (Å²) in [6.07, 6.45) is 1.94. The molecule has 0 bridgehead atoms. The lowest BCUT2D eigenvalue weighted by Crippen LogP contribution is -2.03. The van der Waals surface area contributed by atoms with E-state index in [1.807, 2.05) is 17.7 Å². The maximum absolute atomic E-state index is 6.26. The lowest BCUT2D eigenvalue weighted by molar-refractivity contribution is 0.941. The Morgan fingerprint density at radius 1 is 1.14 bits per heavy atom. The van der Waals surface area contributed by atoms with Crippen molar-refractivity contribution in [3.05, 3.63) is 58.9 Å². The Hall–Kier alpha value is -2.00. The monoisotopic (exact) mass is 313 g/mol. The summed E-state index contributed by atoms with van der Waals surface area (Å²) in [5.41, 5.74) is 5.63. The highest BCUT2D eigenvalue weighted by Crippen LogP contribution is 2.30. The number of nitrogens with zero attached hydrogens (tertiary/aromatic N) is 2. The van der Waals surface area contributed by atoms with E-state index in [0.717, 1.165) is 36.1 Å². The maximum Gasteiger partial charge on any atom is 0.203 e. The zero-order valence-electron chi connectivity index (χ0n) is 12.9. The molecule has 3 nitrogen and oxygen atoms in total. The molecule has 0 saturated carbocycles. The average Bonchev–Trinajstić information content (AvgIpc) is 2.84. The van der Waals surface area contributed by atoms with Crippen LogP contribution in [0.4, 0.5) is 5.69 Å². The zero-order valence-corrected chi connectivity index (χ0v) is 13.7. The van der Waals surface area contributed by atoms with E-state index in [9.17, 15) is 0 Å². The van der Waals surface area contributed by atoms with Crippen molar-refractivity contribution in [2.24, 2.45) is 7.05 Å². The van der Waals surface area contributed by atoms with Gasteiger partial charge in [-0.05, 0) is 41.6 Å². The molecule has 0 unspecified atom stereocenters. The summed E-state index contributed by atoms with van der Waals surface area (Å²) < 4.78 is 1.95. The fourth-order valence-corrected chi connectivity index (χ4v) is 2.88. The van der Waals surface area contributed by atoms with Crippen LogP contribution in [0.5, 0.6) is 0 Å². The second kappa shape index (κ2) is 6.41. The summed E-state index contributed by atoms with van der Waals surface area (Å²) in [6, 6.07) is 14.7. The second-order valence-electron chi connectivity index (χ2n) is 5.50. The van der Waals surface area contributed by atoms with Crippen LogP contribution in [0.3, 0.4) is 0 Å². The number of rotatable bonds is 5. The first kappa shape index (κ1) is 14.9. The van der Waals surface area contributed by atoms with Crippen LogP contribution in [0.25, 0.3) is 11.0 Å². The van der Waals surface area contributed by atoms with Crippen LogP contribution in [-0.2, 0) is 13.5 Å². The number of anilines is 1. The number of fused-ring (bicyclic) bond motifs is 1. The van der Waals surface area contributed by atoms with Crippen LogP contribution in [0.15, 0.2) is 42.5 Å². The number of aromatic nitrogens is 2. The van der Waals surface area contributed by atoms with E-state index < -0.39 is 0 Å². The van der Waals surface area contributed by atoms with Gasteiger partial charge in [-0.15, -0.1) is 0 Å². The summed E-state index contributed by atoms with van der Waals surface area (Å²) in [6.45, 7) is 3.10. The fourth-order valence-electron chi connectivity index (χ4n) is 2.71. The van der Waals surface area contributed by atoms with Gasteiger partial charge in [0.2, 0.25) is 5.28 Å². The van der Waals surface area contributed by atoms with E-state index >= 15 is 0 Å². The number of aryl methyl sites for hydroxylation is 1. The number of nitrogens with one attached hydrogen (secondary N) is 1. The third kappa shape index (κ3) is 2.81. The van der Waals surface area contributed by atoms with Crippen LogP contribution in [0.1, 0.15) is 24.5 Å². The van der Waals surface area contributed by atoms with E-state index in [0.29, 0.717) is 5.28 Å². The lowest BCUT2D eigenvalue weighted by atomic mass is 10.0. The van der Waals surface area contributed by atoms with Gasteiger partial charge in [-0.25, -0.2) is 4.98 Å². The van der Waals surface area contributed by atoms with Crippen molar-refractivity contribution in [2.75, 3.05) is 11.9 Å². The molecule has 1 N–H and O–H groups in total. The van der Waals surface area contributed by atoms with Crippen molar-refractivity contribution in [3.63, 3.8) is 0 Å². The van der Waals surface area contributed by atoms with Crippen molar-refractivity contribution >= 4 is 28.3 Å². The van der Waals surface area contributed by atoms with Gasteiger partial charge in [-0.3, -0.25) is 0 Å². The van der Waals surface area contributed by atoms with Gasteiger partial charge in [0.1, 0.15) is 0 Å². The number of halogens is 1. The van der Waals surface area contributed by atoms with Crippen molar-refractivity contribution < 1.29 is 0 Å². The molecule has 0 atom stereocenters. The molecule has 3 aromatic rings. The molecule has 1 heterocycles. The highest BCUT2D eigenvalue weighted by atomic mass is 35.5. The predicted octanol–water partition coefficient (Wildman–Crippen LogP) is 4.64. The van der Waals surface area contributed by atoms with Crippen LogP contribution in [0.2, 0.25) is 5.28 Å². The number of hydrogen-bond donors (Lipinski definition) is 1. The van der Waals surface area contributed by atoms with E-state index in [2.05, 4.69) is 53.6 Å². The van der Waals surface area contributed by atoms with Gasteiger partial charge >= 0.3 is 0 Å². The molecule has 0 fully saturated rings. The first-order chi connectivity index (χ1) is 10.7. The zero-order chi connectivity index (χ0) is 15.5. The van der Waals surface area contributed by atoms with Crippen molar-refractivity contribution in [3.8, 4) is 0 Å². The van der Waals surface area contributed by atoms with Gasteiger partial charge < -0.3 is 9.88 Å². The number of imidazole rings is 1. The smallest absolute Gasteiger partial charge is 0.203 e.